The van der Waals surface area contributed by atoms with Gasteiger partial charge in [0.25, 0.3) is 11.8 Å². The zero-order chi connectivity index (χ0) is 13.8. The van der Waals surface area contributed by atoms with Crippen LogP contribution >= 0.6 is 0 Å². The third-order valence-corrected chi connectivity index (χ3v) is 2.43. The van der Waals surface area contributed by atoms with Crippen molar-refractivity contribution in [3.05, 3.63) is 29.8 Å². The van der Waals surface area contributed by atoms with Crippen molar-refractivity contribution in [1.29, 1.82) is 0 Å². The van der Waals surface area contributed by atoms with Crippen LogP contribution in [0.5, 0.6) is 0 Å². The molecule has 1 aliphatic heterocycles. The van der Waals surface area contributed by atoms with Gasteiger partial charge in [0.2, 0.25) is 0 Å². The molecule has 0 bridgehead atoms. The van der Waals surface area contributed by atoms with Crippen LogP contribution in [-0.4, -0.2) is 47.5 Å². The van der Waals surface area contributed by atoms with Crippen molar-refractivity contribution >= 4 is 17.9 Å². The first-order valence-electron chi connectivity index (χ1n) is 5.44. The zero-order valence-corrected chi connectivity index (χ0v) is 9.76. The van der Waals surface area contributed by atoms with E-state index in [2.05, 4.69) is 15.0 Å². The summed E-state index contributed by atoms with van der Waals surface area (Å²) < 4.78 is 17.3. The first-order valence-corrected chi connectivity index (χ1v) is 5.44. The highest BCUT2D eigenvalue weighted by Crippen LogP contribution is 2.04. The number of ether oxygens (including phenoxy) is 1. The molecule has 1 aromatic rings. The normalized spacial score (nSPS) is 14.5. The summed E-state index contributed by atoms with van der Waals surface area (Å²) in [5.41, 5.74) is 0.0651. The molecule has 0 unspecified atom stereocenters. The van der Waals surface area contributed by atoms with E-state index in [-0.39, 0.29) is 25.3 Å². The van der Waals surface area contributed by atoms with Gasteiger partial charge in [-0.1, -0.05) is 0 Å². The van der Waals surface area contributed by atoms with E-state index in [0.717, 1.165) is 17.2 Å². The van der Waals surface area contributed by atoms with Gasteiger partial charge in [-0.05, 0) is 6.07 Å². The number of carbonyl (C=O) groups is 3. The van der Waals surface area contributed by atoms with Gasteiger partial charge in [0.1, 0.15) is 5.82 Å². The SMILES string of the molecule is O=C(NCCN1C(=O)COC1=O)c1cncc(F)c1. The third kappa shape index (κ3) is 3.03. The van der Waals surface area contributed by atoms with E-state index in [9.17, 15) is 18.8 Å². The summed E-state index contributed by atoms with van der Waals surface area (Å²) in [4.78, 5) is 38.3. The minimum absolute atomic E-state index is 0.00610. The van der Waals surface area contributed by atoms with Gasteiger partial charge < -0.3 is 10.1 Å². The van der Waals surface area contributed by atoms with Crippen molar-refractivity contribution in [3.63, 3.8) is 0 Å². The Morgan fingerprint density at radius 3 is 2.89 bits per heavy atom. The van der Waals surface area contributed by atoms with E-state index >= 15 is 0 Å². The van der Waals surface area contributed by atoms with E-state index in [1.807, 2.05) is 0 Å². The Kier molecular flexibility index (Phi) is 3.69. The first kappa shape index (κ1) is 12.9. The molecule has 0 spiro atoms. The van der Waals surface area contributed by atoms with Crippen LogP contribution < -0.4 is 5.32 Å². The highest BCUT2D eigenvalue weighted by Gasteiger charge is 2.30. The number of aromatic nitrogens is 1. The van der Waals surface area contributed by atoms with Crippen LogP contribution in [0.3, 0.4) is 0 Å². The number of nitrogens with zero attached hydrogens (tertiary/aromatic N) is 2. The molecule has 1 aliphatic rings. The van der Waals surface area contributed by atoms with Crippen LogP contribution in [0.15, 0.2) is 18.5 Å². The van der Waals surface area contributed by atoms with Crippen molar-refractivity contribution in [3.8, 4) is 0 Å². The van der Waals surface area contributed by atoms with Gasteiger partial charge in [-0.2, -0.15) is 0 Å². The van der Waals surface area contributed by atoms with Crippen molar-refractivity contribution in [2.45, 2.75) is 0 Å². The van der Waals surface area contributed by atoms with Gasteiger partial charge in [-0.15, -0.1) is 0 Å². The number of hydrogen-bond donors (Lipinski definition) is 1. The molecule has 1 aromatic heterocycles. The summed E-state index contributed by atoms with van der Waals surface area (Å²) in [6, 6.07) is 1.04. The van der Waals surface area contributed by atoms with Crippen molar-refractivity contribution in [1.82, 2.24) is 15.2 Å². The molecular formula is C11H10FN3O4. The second kappa shape index (κ2) is 5.42. The molecule has 1 fully saturated rings. The average Bonchev–Trinajstić information content (AvgIpc) is 2.70. The fraction of sp³-hybridized carbons (Fsp3) is 0.273. The fourth-order valence-corrected chi connectivity index (χ4v) is 1.52. The predicted octanol–water partition coefficient (Wildman–Crippen LogP) is -0.0707. The highest BCUT2D eigenvalue weighted by atomic mass is 19.1. The van der Waals surface area contributed by atoms with Crippen molar-refractivity contribution < 1.29 is 23.5 Å². The maximum absolute atomic E-state index is 12.8. The second-order valence-corrected chi connectivity index (χ2v) is 3.75. The smallest absolute Gasteiger partial charge is 0.417 e. The summed E-state index contributed by atoms with van der Waals surface area (Å²) >= 11 is 0. The maximum atomic E-state index is 12.8. The summed E-state index contributed by atoms with van der Waals surface area (Å²) in [5, 5.41) is 2.45. The second-order valence-electron chi connectivity index (χ2n) is 3.75. The molecule has 19 heavy (non-hydrogen) atoms. The largest absolute Gasteiger partial charge is 0.439 e. The number of rotatable bonds is 4. The molecule has 8 heteroatoms. The van der Waals surface area contributed by atoms with Crippen molar-refractivity contribution in [2.75, 3.05) is 19.7 Å². The lowest BCUT2D eigenvalue weighted by Crippen LogP contribution is -2.37. The molecule has 100 valence electrons. The Labute approximate surface area is 107 Å². The number of pyridine rings is 1. The molecule has 0 radical (unpaired) electrons. The number of hydrogen-bond acceptors (Lipinski definition) is 5. The number of cyclic esters (lactones) is 1. The van der Waals surface area contributed by atoms with Gasteiger partial charge in [-0.3, -0.25) is 14.6 Å². The highest BCUT2D eigenvalue weighted by molar-refractivity contribution is 5.98. The van der Waals surface area contributed by atoms with Crippen LogP contribution in [0, 0.1) is 5.82 Å². The van der Waals surface area contributed by atoms with Crippen molar-refractivity contribution in [2.24, 2.45) is 0 Å². The van der Waals surface area contributed by atoms with E-state index < -0.39 is 23.7 Å². The number of amides is 3. The number of nitrogens with one attached hydrogen (secondary N) is 1. The van der Waals surface area contributed by atoms with Crippen LogP contribution in [0.1, 0.15) is 10.4 Å². The topological polar surface area (TPSA) is 88.6 Å². The zero-order valence-electron chi connectivity index (χ0n) is 9.76. The monoisotopic (exact) mass is 267 g/mol. The van der Waals surface area contributed by atoms with Gasteiger partial charge >= 0.3 is 6.09 Å². The Balaban J connectivity index is 1.84. The molecule has 0 saturated carbocycles. The average molecular weight is 267 g/mol. The summed E-state index contributed by atoms with van der Waals surface area (Å²) in [6.07, 6.45) is 1.47. The van der Waals surface area contributed by atoms with E-state index in [4.69, 9.17) is 0 Å². The molecular weight excluding hydrogens is 257 g/mol. The predicted molar refractivity (Wildman–Crippen MR) is 59.6 cm³/mol. The van der Waals surface area contributed by atoms with Crippen LogP contribution in [0.4, 0.5) is 9.18 Å². The summed E-state index contributed by atoms with van der Waals surface area (Å²) in [5.74, 6) is -1.61. The lowest BCUT2D eigenvalue weighted by atomic mass is 10.2. The molecule has 2 heterocycles. The molecule has 1 saturated heterocycles. The number of carbonyl (C=O) groups excluding carboxylic acids is 3. The molecule has 1 N–H and O–H groups in total. The number of imide groups is 1. The molecule has 0 aliphatic carbocycles. The Hall–Kier alpha value is -2.51. The Morgan fingerprint density at radius 2 is 2.26 bits per heavy atom. The minimum atomic E-state index is -0.730. The quantitative estimate of drug-likeness (QED) is 0.824. The third-order valence-electron chi connectivity index (χ3n) is 2.43. The van der Waals surface area contributed by atoms with E-state index in [1.54, 1.807) is 0 Å². The standard InChI is InChI=1S/C11H10FN3O4/c12-8-3-7(4-13-5-8)10(17)14-1-2-15-9(16)6-19-11(15)18/h3-5H,1-2,6H2,(H,14,17). The van der Waals surface area contributed by atoms with Gasteiger partial charge in [0.15, 0.2) is 6.61 Å². The van der Waals surface area contributed by atoms with E-state index in [0.29, 0.717) is 0 Å². The summed E-state index contributed by atoms with van der Waals surface area (Å²) in [6.45, 7) is -0.219. The molecule has 2 rings (SSSR count). The molecule has 3 amide bonds. The Morgan fingerprint density at radius 1 is 1.47 bits per heavy atom. The summed E-state index contributed by atoms with van der Waals surface area (Å²) in [7, 11) is 0. The van der Waals surface area contributed by atoms with Gasteiger partial charge in [0, 0.05) is 19.3 Å². The van der Waals surface area contributed by atoms with Gasteiger partial charge in [-0.25, -0.2) is 14.1 Å². The lowest BCUT2D eigenvalue weighted by molar-refractivity contribution is -0.125. The van der Waals surface area contributed by atoms with Crippen LogP contribution in [-0.2, 0) is 9.53 Å². The van der Waals surface area contributed by atoms with Crippen LogP contribution in [0.2, 0.25) is 0 Å². The first-order chi connectivity index (χ1) is 9.08. The fourth-order valence-electron chi connectivity index (χ4n) is 1.52. The Bertz CT molecular complexity index is 518. The molecule has 0 aromatic carbocycles. The molecule has 7 nitrogen and oxygen atoms in total. The van der Waals surface area contributed by atoms with Gasteiger partial charge in [0.05, 0.1) is 11.8 Å². The van der Waals surface area contributed by atoms with Crippen LogP contribution in [0.25, 0.3) is 0 Å². The number of halogens is 1. The molecule has 0 atom stereocenters. The lowest BCUT2D eigenvalue weighted by Gasteiger charge is -2.11. The minimum Gasteiger partial charge on any atom is -0.439 e. The van der Waals surface area contributed by atoms with E-state index in [1.165, 1.54) is 6.20 Å². The maximum Gasteiger partial charge on any atom is 0.417 e.